The Morgan fingerprint density at radius 2 is 2.21 bits per heavy atom. The zero-order chi connectivity index (χ0) is 16.9. The van der Waals surface area contributed by atoms with Crippen molar-refractivity contribution < 1.29 is 4.79 Å². The van der Waals surface area contributed by atoms with Crippen molar-refractivity contribution in [3.63, 3.8) is 0 Å². The summed E-state index contributed by atoms with van der Waals surface area (Å²) < 4.78 is 1.41. The molecular weight excluding hydrogens is 362 g/mol. The van der Waals surface area contributed by atoms with E-state index in [1.54, 1.807) is 11.8 Å². The molecule has 9 heteroatoms. The Balaban J connectivity index is 1.60. The van der Waals surface area contributed by atoms with Gasteiger partial charge in [0.05, 0.1) is 10.6 Å². The number of rotatable bonds is 6. The molecule has 1 amide bonds. The predicted molar refractivity (Wildman–Crippen MR) is 101 cm³/mol. The third-order valence-corrected chi connectivity index (χ3v) is 5.63. The van der Waals surface area contributed by atoms with Gasteiger partial charge in [-0.15, -0.1) is 33.3 Å². The summed E-state index contributed by atoms with van der Waals surface area (Å²) >= 11 is 4.42. The Kier molecular flexibility index (Phi) is 5.44. The normalized spacial score (nSPS) is 10.7. The van der Waals surface area contributed by atoms with Gasteiger partial charge in [0.25, 0.3) is 0 Å². The standard InChI is InChI=1S/C15H15N5OS3/c1-22-11-5-2-4-10(8-11)17-13(21)9-24-15-19-18-14(20(15)16)12-6-3-7-23-12/h2-8H,9,16H2,1H3,(H,17,21). The highest BCUT2D eigenvalue weighted by atomic mass is 32.2. The Morgan fingerprint density at radius 1 is 1.33 bits per heavy atom. The summed E-state index contributed by atoms with van der Waals surface area (Å²) in [7, 11) is 0. The van der Waals surface area contributed by atoms with Crippen molar-refractivity contribution >= 4 is 46.5 Å². The molecule has 0 aliphatic heterocycles. The molecule has 0 radical (unpaired) electrons. The van der Waals surface area contributed by atoms with Crippen molar-refractivity contribution in [1.82, 2.24) is 14.9 Å². The molecule has 6 nitrogen and oxygen atoms in total. The van der Waals surface area contributed by atoms with Crippen LogP contribution >= 0.6 is 34.9 Å². The quantitative estimate of drug-likeness (QED) is 0.507. The lowest BCUT2D eigenvalue weighted by atomic mass is 10.3. The minimum absolute atomic E-state index is 0.112. The maximum Gasteiger partial charge on any atom is 0.234 e. The maximum absolute atomic E-state index is 12.1. The fourth-order valence-electron chi connectivity index (χ4n) is 1.98. The molecule has 1 aromatic carbocycles. The predicted octanol–water partition coefficient (Wildman–Crippen LogP) is 3.17. The first kappa shape index (κ1) is 16.9. The van der Waals surface area contributed by atoms with E-state index in [0.717, 1.165) is 15.5 Å². The highest BCUT2D eigenvalue weighted by Crippen LogP contribution is 2.25. The number of nitrogen functional groups attached to an aromatic ring is 1. The van der Waals surface area contributed by atoms with Crippen LogP contribution in [0.1, 0.15) is 0 Å². The van der Waals surface area contributed by atoms with E-state index in [1.165, 1.54) is 27.8 Å². The summed E-state index contributed by atoms with van der Waals surface area (Å²) in [4.78, 5) is 14.1. The van der Waals surface area contributed by atoms with Crippen LogP contribution in [0, 0.1) is 0 Å². The van der Waals surface area contributed by atoms with Gasteiger partial charge in [-0.2, -0.15) is 0 Å². The smallest absolute Gasteiger partial charge is 0.234 e. The van der Waals surface area contributed by atoms with Gasteiger partial charge in [0.2, 0.25) is 11.1 Å². The highest BCUT2D eigenvalue weighted by Gasteiger charge is 2.14. The van der Waals surface area contributed by atoms with Crippen molar-refractivity contribution in [2.45, 2.75) is 10.1 Å². The zero-order valence-corrected chi connectivity index (χ0v) is 15.3. The van der Waals surface area contributed by atoms with Crippen LogP contribution in [0.3, 0.4) is 0 Å². The van der Waals surface area contributed by atoms with Crippen LogP contribution in [0.15, 0.2) is 51.8 Å². The first-order chi connectivity index (χ1) is 11.7. The lowest BCUT2D eigenvalue weighted by Gasteiger charge is -2.06. The molecule has 0 saturated carbocycles. The molecule has 0 fully saturated rings. The van der Waals surface area contributed by atoms with Gasteiger partial charge in [0, 0.05) is 10.6 Å². The Labute approximate surface area is 151 Å². The van der Waals surface area contributed by atoms with Gasteiger partial charge in [0.1, 0.15) is 0 Å². The summed E-state index contributed by atoms with van der Waals surface area (Å²) in [5.41, 5.74) is 0.779. The molecule has 24 heavy (non-hydrogen) atoms. The van der Waals surface area contributed by atoms with Gasteiger partial charge >= 0.3 is 0 Å². The topological polar surface area (TPSA) is 85.8 Å². The first-order valence-electron chi connectivity index (χ1n) is 6.98. The highest BCUT2D eigenvalue weighted by molar-refractivity contribution is 7.99. The van der Waals surface area contributed by atoms with Crippen LogP contribution in [0.5, 0.6) is 0 Å². The largest absolute Gasteiger partial charge is 0.335 e. The number of aromatic nitrogens is 3. The lowest BCUT2D eigenvalue weighted by molar-refractivity contribution is -0.113. The second kappa shape index (κ2) is 7.73. The average molecular weight is 378 g/mol. The first-order valence-corrected chi connectivity index (χ1v) is 10.1. The van der Waals surface area contributed by atoms with Crippen LogP contribution in [0.4, 0.5) is 5.69 Å². The van der Waals surface area contributed by atoms with Gasteiger partial charge in [0.15, 0.2) is 5.82 Å². The second-order valence-corrected chi connectivity index (χ2v) is 7.49. The molecule has 0 unspecified atom stereocenters. The summed E-state index contributed by atoms with van der Waals surface area (Å²) in [5, 5.41) is 13.5. The van der Waals surface area contributed by atoms with E-state index in [0.29, 0.717) is 11.0 Å². The monoisotopic (exact) mass is 377 g/mol. The number of anilines is 1. The van der Waals surface area contributed by atoms with E-state index >= 15 is 0 Å². The van der Waals surface area contributed by atoms with Crippen LogP contribution in [-0.2, 0) is 4.79 Å². The van der Waals surface area contributed by atoms with Crippen molar-refractivity contribution in [3.05, 3.63) is 41.8 Å². The summed E-state index contributed by atoms with van der Waals surface area (Å²) in [6.07, 6.45) is 2.00. The number of hydrogen-bond donors (Lipinski definition) is 2. The molecule has 0 spiro atoms. The van der Waals surface area contributed by atoms with Crippen molar-refractivity contribution in [1.29, 1.82) is 0 Å². The van der Waals surface area contributed by atoms with Gasteiger partial charge in [-0.1, -0.05) is 23.9 Å². The number of thioether (sulfide) groups is 2. The van der Waals surface area contributed by atoms with E-state index in [9.17, 15) is 4.79 Å². The van der Waals surface area contributed by atoms with Gasteiger partial charge in [-0.25, -0.2) is 4.68 Å². The van der Waals surface area contributed by atoms with E-state index < -0.39 is 0 Å². The Bertz CT molecular complexity index is 832. The summed E-state index contributed by atoms with van der Waals surface area (Å²) in [6.45, 7) is 0. The fraction of sp³-hybridized carbons (Fsp3) is 0.133. The molecular formula is C15H15N5OS3. The Morgan fingerprint density at radius 3 is 2.96 bits per heavy atom. The number of amides is 1. The number of nitrogens with zero attached hydrogens (tertiary/aromatic N) is 3. The third-order valence-electron chi connectivity index (χ3n) is 3.09. The lowest BCUT2D eigenvalue weighted by Crippen LogP contribution is -2.16. The van der Waals surface area contributed by atoms with E-state index in [4.69, 9.17) is 5.84 Å². The molecule has 3 N–H and O–H groups in total. The molecule has 0 aliphatic rings. The molecule has 2 heterocycles. The minimum Gasteiger partial charge on any atom is -0.335 e. The molecule has 0 atom stereocenters. The minimum atomic E-state index is -0.112. The van der Waals surface area contributed by atoms with E-state index in [1.807, 2.05) is 48.0 Å². The van der Waals surface area contributed by atoms with Crippen molar-refractivity contribution in [2.24, 2.45) is 0 Å². The molecule has 2 aromatic heterocycles. The van der Waals surface area contributed by atoms with Crippen LogP contribution in [0.2, 0.25) is 0 Å². The van der Waals surface area contributed by atoms with Crippen LogP contribution in [0.25, 0.3) is 10.7 Å². The Hall–Kier alpha value is -1.97. The summed E-state index contributed by atoms with van der Waals surface area (Å²) in [6, 6.07) is 11.6. The van der Waals surface area contributed by atoms with Gasteiger partial charge in [-0.05, 0) is 35.9 Å². The molecule has 0 saturated heterocycles. The third kappa shape index (κ3) is 3.92. The molecule has 3 rings (SSSR count). The summed E-state index contributed by atoms with van der Waals surface area (Å²) in [5.74, 6) is 6.71. The fourth-order valence-corrected chi connectivity index (χ4v) is 3.80. The average Bonchev–Trinajstić information content (AvgIpc) is 3.23. The molecule has 0 bridgehead atoms. The molecule has 0 aliphatic carbocycles. The number of hydrogen-bond acceptors (Lipinski definition) is 7. The number of carbonyl (C=O) groups is 1. The molecule has 124 valence electrons. The number of nitrogens with one attached hydrogen (secondary N) is 1. The van der Waals surface area contributed by atoms with Gasteiger partial charge in [-0.3, -0.25) is 4.79 Å². The van der Waals surface area contributed by atoms with Crippen molar-refractivity contribution in [2.75, 3.05) is 23.2 Å². The van der Waals surface area contributed by atoms with E-state index in [2.05, 4.69) is 15.5 Å². The maximum atomic E-state index is 12.1. The van der Waals surface area contributed by atoms with Crippen LogP contribution < -0.4 is 11.2 Å². The number of thiophene rings is 1. The second-order valence-electron chi connectivity index (χ2n) is 4.72. The number of carbonyl (C=O) groups excluding carboxylic acids is 1. The number of nitrogens with two attached hydrogens (primary N) is 1. The van der Waals surface area contributed by atoms with Crippen LogP contribution in [-0.4, -0.2) is 32.8 Å². The molecule has 3 aromatic rings. The van der Waals surface area contributed by atoms with Crippen molar-refractivity contribution in [3.8, 4) is 10.7 Å². The zero-order valence-electron chi connectivity index (χ0n) is 12.8. The van der Waals surface area contributed by atoms with Gasteiger partial charge < -0.3 is 11.2 Å². The SMILES string of the molecule is CSc1cccc(NC(=O)CSc2nnc(-c3cccs3)n2N)c1. The number of benzene rings is 1. The van der Waals surface area contributed by atoms with E-state index in [-0.39, 0.29) is 11.7 Å².